The number of rotatable bonds is 5. The largest absolute Gasteiger partial charge is 1.00 e. The fourth-order valence-corrected chi connectivity index (χ4v) is 17.4. The summed E-state index contributed by atoms with van der Waals surface area (Å²) in [5.74, 6) is 0.472. The standard InChI is InChI=1S/C21H25.C15H14.C11H17.2ClH.Zr/c1-20(2,3)16-7-9-18-14(12-16)11-15-13-17(21(4,5)6)8-10-19(15)18;1-12-3-7-14(8-4-12)11-15-9-5-13(2)6-10-15;1-5-9-6-7-10(8-9)11(2,3)4;;;/h7-10,12H,11H2,1-6H3;3-10H,1-2H3;7-9H,5H2,1-4H3;2*1H;/q;;;;;+2/p-2. The molecule has 0 aromatic heterocycles. The first-order chi connectivity index (χ1) is 22.5. The molecule has 0 radical (unpaired) electrons. The molecular weight excluding hydrogens is 727 g/mol. The van der Waals surface area contributed by atoms with E-state index in [1.54, 1.807) is 20.9 Å². The van der Waals surface area contributed by atoms with Gasteiger partial charge in [-0.25, -0.2) is 0 Å². The molecule has 2 aliphatic rings. The molecule has 2 aliphatic carbocycles. The van der Waals surface area contributed by atoms with E-state index in [2.05, 4.69) is 174 Å². The quantitative estimate of drug-likeness (QED) is 0.209. The average Bonchev–Trinajstić information content (AvgIpc) is 3.61. The van der Waals surface area contributed by atoms with Crippen LogP contribution in [0.5, 0.6) is 0 Å². The molecule has 0 nitrogen and oxygen atoms in total. The molecular formula is C47H56Cl2Zr. The van der Waals surface area contributed by atoms with Crippen molar-refractivity contribution in [2.45, 2.75) is 107 Å². The van der Waals surface area contributed by atoms with E-state index in [-0.39, 0.29) is 41.1 Å². The molecule has 0 amide bonds. The van der Waals surface area contributed by atoms with E-state index in [1.165, 1.54) is 50.1 Å². The number of hydrogen-bond donors (Lipinski definition) is 0. The Balaban J connectivity index is 0.00000281. The Morgan fingerprint density at radius 1 is 0.660 bits per heavy atom. The maximum absolute atomic E-state index is 2.97. The monoisotopic (exact) mass is 780 g/mol. The Bertz CT molecular complexity index is 1920. The topological polar surface area (TPSA) is 0 Å². The molecule has 4 aromatic carbocycles. The van der Waals surface area contributed by atoms with Crippen LogP contribution < -0.4 is 28.1 Å². The fourth-order valence-electron chi connectivity index (χ4n) is 7.65. The Morgan fingerprint density at radius 2 is 1.20 bits per heavy atom. The molecule has 0 fully saturated rings. The third kappa shape index (κ3) is 7.87. The molecule has 0 heterocycles. The molecule has 3 heteroatoms. The maximum Gasteiger partial charge on any atom is -1.00 e. The molecule has 262 valence electrons. The van der Waals surface area contributed by atoms with Crippen LogP contribution >= 0.6 is 0 Å². The summed E-state index contributed by atoms with van der Waals surface area (Å²) < 4.78 is 5.09. The first-order valence-electron chi connectivity index (χ1n) is 18.1. The minimum absolute atomic E-state index is 0. The molecule has 6 rings (SSSR count). The number of hydrogen-bond acceptors (Lipinski definition) is 0. The van der Waals surface area contributed by atoms with E-state index < -0.39 is 21.3 Å². The third-order valence-electron chi connectivity index (χ3n) is 10.6. The SMILES string of the molecule is CCC1C=C(C(C)(C)C)C=[C]1[Zr+2](=[C](c1ccc(C)cc1)c1ccc(C)cc1)[c]1c(C(C)(C)C)ccc2c1Cc1cc(C(C)(C)C)ccc1-2.[Cl-].[Cl-]. The molecule has 50 heavy (non-hydrogen) atoms. The van der Waals surface area contributed by atoms with Gasteiger partial charge in [0.2, 0.25) is 0 Å². The van der Waals surface area contributed by atoms with Crippen molar-refractivity contribution in [3.8, 4) is 11.1 Å². The molecule has 4 aromatic rings. The fraction of sp³-hybridized carbons (Fsp3) is 0.383. The van der Waals surface area contributed by atoms with Crippen molar-refractivity contribution in [3.05, 3.63) is 144 Å². The second-order valence-electron chi connectivity index (χ2n) is 17.5. The van der Waals surface area contributed by atoms with Crippen molar-refractivity contribution in [2.75, 3.05) is 0 Å². The predicted octanol–water partition coefficient (Wildman–Crippen LogP) is 5.89. The summed E-state index contributed by atoms with van der Waals surface area (Å²) in [7, 11) is 0. The second kappa shape index (κ2) is 15.0. The second-order valence-corrected chi connectivity index (χ2v) is 23.3. The van der Waals surface area contributed by atoms with Gasteiger partial charge in [-0.05, 0) is 0 Å². The van der Waals surface area contributed by atoms with Crippen molar-refractivity contribution in [1.82, 2.24) is 0 Å². The van der Waals surface area contributed by atoms with Crippen LogP contribution in [0.4, 0.5) is 0 Å². The Kier molecular flexibility index (Phi) is 12.1. The molecule has 0 saturated carbocycles. The molecule has 0 saturated heterocycles. The molecule has 1 atom stereocenters. The Hall–Kier alpha value is -2.31. The van der Waals surface area contributed by atoms with Crippen molar-refractivity contribution in [2.24, 2.45) is 11.3 Å². The molecule has 0 N–H and O–H groups in total. The Morgan fingerprint density at radius 3 is 1.68 bits per heavy atom. The summed E-state index contributed by atoms with van der Waals surface area (Å²) in [6.07, 6.45) is 7.50. The van der Waals surface area contributed by atoms with Crippen LogP contribution in [0.3, 0.4) is 0 Å². The van der Waals surface area contributed by atoms with Crippen LogP contribution in [0.1, 0.15) is 120 Å². The van der Waals surface area contributed by atoms with E-state index >= 15 is 0 Å². The van der Waals surface area contributed by atoms with Gasteiger partial charge in [0.05, 0.1) is 0 Å². The van der Waals surface area contributed by atoms with Crippen molar-refractivity contribution in [3.63, 3.8) is 0 Å². The van der Waals surface area contributed by atoms with Gasteiger partial charge in [-0.15, -0.1) is 0 Å². The van der Waals surface area contributed by atoms with Gasteiger partial charge in [0.1, 0.15) is 0 Å². The van der Waals surface area contributed by atoms with Crippen molar-refractivity contribution >= 4 is 6.48 Å². The number of halogens is 2. The van der Waals surface area contributed by atoms with Gasteiger partial charge in [-0.1, -0.05) is 0 Å². The van der Waals surface area contributed by atoms with Crippen LogP contribution in [-0.2, 0) is 38.5 Å². The summed E-state index contributed by atoms with van der Waals surface area (Å²) in [6, 6.07) is 31.3. The molecule has 1 unspecified atom stereocenters. The molecule has 0 spiro atoms. The predicted molar refractivity (Wildman–Crippen MR) is 207 cm³/mol. The first kappa shape index (κ1) is 40.5. The summed E-state index contributed by atoms with van der Waals surface area (Å²) in [4.78, 5) is 0. The normalized spacial score (nSPS) is 15.1. The van der Waals surface area contributed by atoms with Crippen molar-refractivity contribution < 1.29 is 46.1 Å². The van der Waals surface area contributed by atoms with E-state index in [9.17, 15) is 0 Å². The molecule has 0 aliphatic heterocycles. The van der Waals surface area contributed by atoms with Gasteiger partial charge < -0.3 is 24.8 Å². The van der Waals surface area contributed by atoms with Gasteiger partial charge in [0.15, 0.2) is 0 Å². The Labute approximate surface area is 323 Å². The first-order valence-corrected chi connectivity index (χ1v) is 21.8. The van der Waals surface area contributed by atoms with E-state index in [0.29, 0.717) is 5.92 Å². The van der Waals surface area contributed by atoms with Crippen LogP contribution in [0.2, 0.25) is 0 Å². The molecule has 0 bridgehead atoms. The smallest absolute Gasteiger partial charge is 1.00 e. The van der Waals surface area contributed by atoms with Gasteiger partial charge in [-0.3, -0.25) is 0 Å². The summed E-state index contributed by atoms with van der Waals surface area (Å²) >= 11 is -2.97. The van der Waals surface area contributed by atoms with E-state index in [1.807, 2.05) is 0 Å². The minimum atomic E-state index is -2.97. The zero-order valence-corrected chi connectivity index (χ0v) is 36.4. The van der Waals surface area contributed by atoms with Gasteiger partial charge in [0, 0.05) is 0 Å². The van der Waals surface area contributed by atoms with Crippen molar-refractivity contribution in [1.29, 1.82) is 0 Å². The van der Waals surface area contributed by atoms with E-state index in [0.717, 1.165) is 12.8 Å². The summed E-state index contributed by atoms with van der Waals surface area (Å²) in [5.41, 5.74) is 16.2. The van der Waals surface area contributed by atoms with Gasteiger partial charge >= 0.3 is 301 Å². The number of benzene rings is 4. The van der Waals surface area contributed by atoms with Crippen LogP contribution in [0.25, 0.3) is 11.1 Å². The third-order valence-corrected chi connectivity index (χ3v) is 18.6. The van der Waals surface area contributed by atoms with Crippen LogP contribution in [0.15, 0.2) is 99.9 Å². The average molecular weight is 783 g/mol. The van der Waals surface area contributed by atoms with Crippen LogP contribution in [0, 0.1) is 25.2 Å². The zero-order chi connectivity index (χ0) is 34.8. The number of fused-ring (bicyclic) bond motifs is 3. The van der Waals surface area contributed by atoms with Gasteiger partial charge in [-0.2, -0.15) is 0 Å². The summed E-state index contributed by atoms with van der Waals surface area (Å²) in [5, 5.41) is 0. The van der Waals surface area contributed by atoms with Crippen LogP contribution in [-0.4, -0.2) is 3.21 Å². The summed E-state index contributed by atoms with van der Waals surface area (Å²) in [6.45, 7) is 28.4. The number of allylic oxidation sites excluding steroid dienone is 4. The van der Waals surface area contributed by atoms with Gasteiger partial charge in [0.25, 0.3) is 0 Å². The zero-order valence-electron chi connectivity index (χ0n) is 32.4. The number of aryl methyl sites for hydroxylation is 2. The minimum Gasteiger partial charge on any atom is -1.00 e. The van der Waals surface area contributed by atoms with E-state index in [4.69, 9.17) is 0 Å². The maximum atomic E-state index is 2.69.